The molecule has 1 rings (SSSR count). The maximum atomic E-state index is 11.5. The lowest BCUT2D eigenvalue weighted by Crippen LogP contribution is -2.45. The minimum absolute atomic E-state index is 0.00929. The van der Waals surface area contributed by atoms with Gasteiger partial charge >= 0.3 is 18.0 Å². The van der Waals surface area contributed by atoms with Crippen LogP contribution in [-0.2, 0) is 16.1 Å². The molecule has 1 atom stereocenters. The number of carbonyl (C=O) groups excluding carboxylic acids is 1. The molecule has 10 nitrogen and oxygen atoms in total. The minimum atomic E-state index is -1.23. The van der Waals surface area contributed by atoms with E-state index in [0.29, 0.717) is 5.89 Å². The van der Waals surface area contributed by atoms with Crippen molar-refractivity contribution in [1.29, 1.82) is 0 Å². The van der Waals surface area contributed by atoms with Crippen LogP contribution in [-0.4, -0.2) is 44.4 Å². The van der Waals surface area contributed by atoms with Gasteiger partial charge in [0.2, 0.25) is 5.89 Å². The van der Waals surface area contributed by atoms with Crippen LogP contribution >= 0.6 is 0 Å². The van der Waals surface area contributed by atoms with Crippen LogP contribution in [0.15, 0.2) is 4.52 Å². The van der Waals surface area contributed by atoms with Crippen molar-refractivity contribution in [2.75, 3.05) is 0 Å². The average molecular weight is 300 g/mol. The Hall–Kier alpha value is -2.65. The molecular formula is C11H16N4O6. The maximum Gasteiger partial charge on any atom is 0.326 e. The summed E-state index contributed by atoms with van der Waals surface area (Å²) in [6, 6.07) is -1.86. The molecule has 0 aliphatic heterocycles. The molecule has 0 unspecified atom stereocenters. The third kappa shape index (κ3) is 6.36. The molecule has 0 saturated carbocycles. The molecule has 1 heterocycles. The van der Waals surface area contributed by atoms with Crippen LogP contribution in [0.1, 0.15) is 31.0 Å². The molecule has 0 aliphatic carbocycles. The van der Waals surface area contributed by atoms with Gasteiger partial charge in [0, 0.05) is 13.3 Å². The van der Waals surface area contributed by atoms with Crippen LogP contribution < -0.4 is 10.6 Å². The van der Waals surface area contributed by atoms with E-state index in [4.69, 9.17) is 14.7 Å². The van der Waals surface area contributed by atoms with Gasteiger partial charge in [-0.3, -0.25) is 4.79 Å². The van der Waals surface area contributed by atoms with Crippen LogP contribution in [0.2, 0.25) is 0 Å². The summed E-state index contributed by atoms with van der Waals surface area (Å²) < 4.78 is 4.71. The monoisotopic (exact) mass is 300 g/mol. The molecule has 4 N–H and O–H groups in total. The van der Waals surface area contributed by atoms with E-state index in [1.807, 2.05) is 0 Å². The lowest BCUT2D eigenvalue weighted by atomic mass is 10.1. The van der Waals surface area contributed by atoms with Crippen molar-refractivity contribution >= 4 is 18.0 Å². The molecule has 2 amide bonds. The van der Waals surface area contributed by atoms with E-state index in [9.17, 15) is 14.4 Å². The summed E-state index contributed by atoms with van der Waals surface area (Å²) in [6.45, 7) is 1.59. The quantitative estimate of drug-likeness (QED) is 0.518. The number of urea groups is 1. The summed E-state index contributed by atoms with van der Waals surface area (Å²) >= 11 is 0. The third-order valence-electron chi connectivity index (χ3n) is 2.46. The number of rotatable bonds is 8. The largest absolute Gasteiger partial charge is 0.481 e. The van der Waals surface area contributed by atoms with Crippen molar-refractivity contribution in [3.05, 3.63) is 11.7 Å². The molecule has 0 fully saturated rings. The number of carbonyl (C=O) groups is 3. The van der Waals surface area contributed by atoms with E-state index in [1.165, 1.54) is 0 Å². The zero-order chi connectivity index (χ0) is 15.8. The molecule has 0 aliphatic rings. The molecule has 0 spiro atoms. The summed E-state index contributed by atoms with van der Waals surface area (Å²) in [5.41, 5.74) is 0. The van der Waals surface area contributed by atoms with Crippen molar-refractivity contribution in [3.63, 3.8) is 0 Å². The van der Waals surface area contributed by atoms with Gasteiger partial charge in [0.1, 0.15) is 6.04 Å². The van der Waals surface area contributed by atoms with Gasteiger partial charge < -0.3 is 25.4 Å². The number of nitrogens with one attached hydrogen (secondary N) is 2. The van der Waals surface area contributed by atoms with Gasteiger partial charge in [0.25, 0.3) is 0 Å². The standard InChI is InChI=1S/C11H16N4O6/c1-6-13-8(15-21-6)5-12-11(20)14-7(10(18)19)3-2-4-9(16)17/h7H,2-5H2,1H3,(H,16,17)(H,18,19)(H2,12,14,20)/t7-/m1/s1. The van der Waals surface area contributed by atoms with Crippen molar-refractivity contribution in [2.45, 2.75) is 38.8 Å². The molecule has 116 valence electrons. The number of carboxylic acids is 2. The van der Waals surface area contributed by atoms with Crippen LogP contribution in [0.5, 0.6) is 0 Å². The average Bonchev–Trinajstić information content (AvgIpc) is 2.80. The Morgan fingerprint density at radius 2 is 2.05 bits per heavy atom. The van der Waals surface area contributed by atoms with Gasteiger partial charge in [-0.2, -0.15) is 4.98 Å². The van der Waals surface area contributed by atoms with Crippen LogP contribution in [0.25, 0.3) is 0 Å². The summed E-state index contributed by atoms with van der Waals surface area (Å²) in [4.78, 5) is 36.7. The second-order valence-electron chi connectivity index (χ2n) is 4.23. The first-order valence-corrected chi connectivity index (χ1v) is 6.16. The van der Waals surface area contributed by atoms with Crippen LogP contribution in [0.3, 0.4) is 0 Å². The Labute approximate surface area is 119 Å². The molecule has 0 radical (unpaired) electrons. The highest BCUT2D eigenvalue weighted by atomic mass is 16.5. The summed E-state index contributed by atoms with van der Waals surface area (Å²) in [5.74, 6) is -1.63. The van der Waals surface area contributed by atoms with Crippen molar-refractivity contribution in [1.82, 2.24) is 20.8 Å². The maximum absolute atomic E-state index is 11.5. The molecule has 21 heavy (non-hydrogen) atoms. The summed E-state index contributed by atoms with van der Waals surface area (Å²) in [7, 11) is 0. The molecular weight excluding hydrogens is 284 g/mol. The number of aliphatic carboxylic acids is 2. The second kappa shape index (κ2) is 7.82. The number of aromatic nitrogens is 2. The Morgan fingerprint density at radius 1 is 1.33 bits per heavy atom. The highest BCUT2D eigenvalue weighted by Crippen LogP contribution is 2.02. The van der Waals surface area contributed by atoms with Gasteiger partial charge in [0.15, 0.2) is 5.82 Å². The summed E-state index contributed by atoms with van der Waals surface area (Å²) in [5, 5.41) is 25.6. The van der Waals surface area contributed by atoms with E-state index >= 15 is 0 Å². The van der Waals surface area contributed by atoms with E-state index < -0.39 is 24.0 Å². The minimum Gasteiger partial charge on any atom is -0.481 e. The lowest BCUT2D eigenvalue weighted by Gasteiger charge is -2.14. The molecule has 10 heteroatoms. The number of carboxylic acid groups (broad SMARTS) is 2. The van der Waals surface area contributed by atoms with Gasteiger partial charge in [-0.25, -0.2) is 9.59 Å². The Balaban J connectivity index is 2.37. The number of hydrogen-bond donors (Lipinski definition) is 4. The second-order valence-corrected chi connectivity index (χ2v) is 4.23. The first-order chi connectivity index (χ1) is 9.88. The van der Waals surface area contributed by atoms with E-state index in [0.717, 1.165) is 0 Å². The normalized spacial score (nSPS) is 11.7. The van der Waals surface area contributed by atoms with Gasteiger partial charge in [0.05, 0.1) is 6.54 Å². The van der Waals surface area contributed by atoms with E-state index in [1.54, 1.807) is 6.92 Å². The third-order valence-corrected chi connectivity index (χ3v) is 2.46. The fraction of sp³-hybridized carbons (Fsp3) is 0.545. The fourth-order valence-corrected chi connectivity index (χ4v) is 1.50. The number of amides is 2. The molecule has 0 aromatic carbocycles. The lowest BCUT2D eigenvalue weighted by molar-refractivity contribution is -0.140. The first kappa shape index (κ1) is 16.4. The van der Waals surface area contributed by atoms with Crippen molar-refractivity contribution < 1.29 is 29.1 Å². The Bertz CT molecular complexity index is 515. The van der Waals surface area contributed by atoms with Crippen LogP contribution in [0.4, 0.5) is 4.79 Å². The van der Waals surface area contributed by atoms with Crippen LogP contribution in [0, 0.1) is 6.92 Å². The van der Waals surface area contributed by atoms with Crippen molar-refractivity contribution in [3.8, 4) is 0 Å². The number of aryl methyl sites for hydroxylation is 1. The van der Waals surface area contributed by atoms with Gasteiger partial charge in [-0.1, -0.05) is 5.16 Å². The van der Waals surface area contributed by atoms with Gasteiger partial charge in [-0.05, 0) is 12.8 Å². The number of hydrogen-bond acceptors (Lipinski definition) is 6. The molecule has 1 aromatic rings. The Kier molecular flexibility index (Phi) is 6.11. The van der Waals surface area contributed by atoms with E-state index in [2.05, 4.69) is 20.8 Å². The predicted octanol–water partition coefficient (Wildman–Crippen LogP) is -0.115. The summed E-state index contributed by atoms with van der Waals surface area (Å²) in [6.07, 6.45) is 0.0161. The van der Waals surface area contributed by atoms with Gasteiger partial charge in [-0.15, -0.1) is 0 Å². The highest BCUT2D eigenvalue weighted by molar-refractivity contribution is 5.82. The first-order valence-electron chi connectivity index (χ1n) is 6.16. The predicted molar refractivity (Wildman–Crippen MR) is 67.3 cm³/mol. The topological polar surface area (TPSA) is 155 Å². The highest BCUT2D eigenvalue weighted by Gasteiger charge is 2.20. The zero-order valence-corrected chi connectivity index (χ0v) is 11.3. The Morgan fingerprint density at radius 3 is 2.57 bits per heavy atom. The molecule has 1 aromatic heterocycles. The van der Waals surface area contributed by atoms with Crippen molar-refractivity contribution in [2.24, 2.45) is 0 Å². The SMILES string of the molecule is Cc1nc(CNC(=O)N[C@H](CCCC(=O)O)C(=O)O)no1. The van der Waals surface area contributed by atoms with E-state index in [-0.39, 0.29) is 31.6 Å². The number of nitrogens with zero attached hydrogens (tertiary/aromatic N) is 2. The zero-order valence-electron chi connectivity index (χ0n) is 11.3. The molecule has 0 bridgehead atoms. The smallest absolute Gasteiger partial charge is 0.326 e. The molecule has 0 saturated heterocycles. The fourth-order valence-electron chi connectivity index (χ4n) is 1.50.